The van der Waals surface area contributed by atoms with Gasteiger partial charge in [0.1, 0.15) is 5.82 Å². The van der Waals surface area contributed by atoms with Crippen LogP contribution in [0.15, 0.2) is 41.3 Å². The number of hydrogen-bond acceptors (Lipinski definition) is 4. The van der Waals surface area contributed by atoms with Crippen LogP contribution in [0.25, 0.3) is 0 Å². The highest BCUT2D eigenvalue weighted by molar-refractivity contribution is 5.96. The van der Waals surface area contributed by atoms with Crippen molar-refractivity contribution in [2.45, 2.75) is 19.0 Å². The van der Waals surface area contributed by atoms with Crippen LogP contribution in [0.3, 0.4) is 0 Å². The summed E-state index contributed by atoms with van der Waals surface area (Å²) in [5.74, 6) is -2.76. The summed E-state index contributed by atoms with van der Waals surface area (Å²) in [6.07, 6.45) is 1.04. The lowest BCUT2D eigenvalue weighted by molar-refractivity contribution is -0.138. The van der Waals surface area contributed by atoms with E-state index in [0.29, 0.717) is 5.56 Å². The molecule has 25 heavy (non-hydrogen) atoms. The van der Waals surface area contributed by atoms with Crippen molar-refractivity contribution in [1.82, 2.24) is 9.47 Å². The summed E-state index contributed by atoms with van der Waals surface area (Å²) >= 11 is 0. The maximum Gasteiger partial charge on any atom is 0.305 e. The van der Waals surface area contributed by atoms with Gasteiger partial charge in [0, 0.05) is 25.4 Å². The van der Waals surface area contributed by atoms with Gasteiger partial charge in [0.2, 0.25) is 5.43 Å². The van der Waals surface area contributed by atoms with Gasteiger partial charge in [-0.3, -0.25) is 14.4 Å². The number of rotatable bonds is 4. The number of fused-ring (bicyclic) bond motifs is 1. The lowest BCUT2D eigenvalue weighted by Gasteiger charge is -2.35. The van der Waals surface area contributed by atoms with E-state index in [0.717, 1.165) is 6.07 Å². The number of aromatic nitrogens is 1. The molecule has 0 radical (unpaired) electrons. The Labute approximate surface area is 141 Å². The zero-order chi connectivity index (χ0) is 18.1. The number of carbonyl (C=O) groups is 2. The van der Waals surface area contributed by atoms with Crippen LogP contribution in [-0.4, -0.2) is 38.1 Å². The summed E-state index contributed by atoms with van der Waals surface area (Å²) < 4.78 is 14.4. The molecule has 2 heterocycles. The molecule has 130 valence electrons. The minimum atomic E-state index is -1.06. The third-order valence-corrected chi connectivity index (χ3v) is 4.11. The number of aromatic hydroxyl groups is 1. The van der Waals surface area contributed by atoms with E-state index in [1.54, 1.807) is 0 Å². The number of amides is 1. The highest BCUT2D eigenvalue weighted by atomic mass is 19.1. The monoisotopic (exact) mass is 346 g/mol. The minimum absolute atomic E-state index is 0.0951. The quantitative estimate of drug-likeness (QED) is 0.871. The van der Waals surface area contributed by atoms with Crippen LogP contribution < -0.4 is 5.43 Å². The van der Waals surface area contributed by atoms with Gasteiger partial charge in [0.05, 0.1) is 12.5 Å². The molecule has 3 rings (SSSR count). The molecule has 0 fully saturated rings. The van der Waals surface area contributed by atoms with Crippen LogP contribution in [0.2, 0.25) is 0 Å². The molecule has 1 unspecified atom stereocenters. The van der Waals surface area contributed by atoms with E-state index in [-0.39, 0.29) is 25.2 Å². The molecule has 1 aromatic heterocycles. The molecule has 0 spiro atoms. The Morgan fingerprint density at radius 1 is 1.20 bits per heavy atom. The van der Waals surface area contributed by atoms with Crippen LogP contribution in [0.4, 0.5) is 4.39 Å². The molecule has 2 aromatic rings. The second kappa shape index (κ2) is 6.39. The number of carbonyl (C=O) groups excluding carboxylic acids is 1. The summed E-state index contributed by atoms with van der Waals surface area (Å²) in [4.78, 5) is 36.8. The van der Waals surface area contributed by atoms with E-state index in [1.165, 1.54) is 39.9 Å². The maximum atomic E-state index is 13.0. The van der Waals surface area contributed by atoms with Crippen molar-refractivity contribution in [2.24, 2.45) is 0 Å². The van der Waals surface area contributed by atoms with Gasteiger partial charge < -0.3 is 19.7 Å². The molecule has 0 aliphatic carbocycles. The lowest BCUT2D eigenvalue weighted by Crippen LogP contribution is -2.44. The van der Waals surface area contributed by atoms with Crippen LogP contribution >= 0.6 is 0 Å². The first-order valence-electron chi connectivity index (χ1n) is 7.56. The number of pyridine rings is 1. The smallest absolute Gasteiger partial charge is 0.305 e. The van der Waals surface area contributed by atoms with Gasteiger partial charge >= 0.3 is 5.97 Å². The van der Waals surface area contributed by atoms with Gasteiger partial charge in [0.25, 0.3) is 5.91 Å². The number of nitrogens with zero attached hydrogens (tertiary/aromatic N) is 2. The Kier molecular flexibility index (Phi) is 4.26. The summed E-state index contributed by atoms with van der Waals surface area (Å²) in [6.45, 7) is 0.204. The van der Waals surface area contributed by atoms with Gasteiger partial charge in [-0.15, -0.1) is 0 Å². The molecule has 2 N–H and O–H groups in total. The van der Waals surface area contributed by atoms with Crippen molar-refractivity contribution >= 4 is 11.9 Å². The SMILES string of the molecule is O=C(O)CC1CN(Cc2ccc(F)cc2)C(=O)c2c(O)c(=O)ccn21. The molecule has 0 bridgehead atoms. The fourth-order valence-corrected chi connectivity index (χ4v) is 2.94. The van der Waals surface area contributed by atoms with Crippen LogP contribution in [0, 0.1) is 5.82 Å². The molecule has 0 saturated heterocycles. The molecule has 1 aliphatic heterocycles. The highest BCUT2D eigenvalue weighted by Gasteiger charge is 2.34. The molecule has 0 saturated carbocycles. The van der Waals surface area contributed by atoms with Crippen molar-refractivity contribution < 1.29 is 24.2 Å². The van der Waals surface area contributed by atoms with Crippen molar-refractivity contribution in [2.75, 3.05) is 6.54 Å². The molecule has 1 aromatic carbocycles. The van der Waals surface area contributed by atoms with E-state index in [2.05, 4.69) is 0 Å². The Bertz CT molecular complexity index is 891. The Hall–Kier alpha value is -3.16. The fourth-order valence-electron chi connectivity index (χ4n) is 2.94. The largest absolute Gasteiger partial charge is 0.503 e. The number of hydrogen-bond donors (Lipinski definition) is 2. The average molecular weight is 346 g/mol. The van der Waals surface area contributed by atoms with Gasteiger partial charge in [0.15, 0.2) is 11.4 Å². The number of aliphatic carboxylic acids is 1. The summed E-state index contributed by atoms with van der Waals surface area (Å²) in [7, 11) is 0. The van der Waals surface area contributed by atoms with E-state index in [9.17, 15) is 23.9 Å². The molecule has 8 heteroatoms. The fraction of sp³-hybridized carbons (Fsp3) is 0.235. The van der Waals surface area contributed by atoms with Crippen LogP contribution in [-0.2, 0) is 11.3 Å². The Morgan fingerprint density at radius 3 is 2.52 bits per heavy atom. The number of halogens is 1. The first-order chi connectivity index (χ1) is 11.9. The molecule has 1 atom stereocenters. The van der Waals surface area contributed by atoms with E-state index in [4.69, 9.17) is 5.11 Å². The molecule has 1 aliphatic rings. The van der Waals surface area contributed by atoms with Crippen molar-refractivity contribution in [3.8, 4) is 5.75 Å². The lowest BCUT2D eigenvalue weighted by atomic mass is 10.1. The van der Waals surface area contributed by atoms with E-state index in [1.807, 2.05) is 0 Å². The highest BCUT2D eigenvalue weighted by Crippen LogP contribution is 2.28. The molecular weight excluding hydrogens is 331 g/mol. The van der Waals surface area contributed by atoms with Crippen molar-refractivity contribution in [1.29, 1.82) is 0 Å². The van der Waals surface area contributed by atoms with Gasteiger partial charge in [-0.05, 0) is 17.7 Å². The Morgan fingerprint density at radius 2 is 1.88 bits per heavy atom. The number of benzene rings is 1. The first kappa shape index (κ1) is 16.7. The molecule has 1 amide bonds. The van der Waals surface area contributed by atoms with Crippen LogP contribution in [0.1, 0.15) is 28.5 Å². The molecular formula is C17H15FN2O5. The zero-order valence-corrected chi connectivity index (χ0v) is 13.1. The van der Waals surface area contributed by atoms with E-state index < -0.39 is 34.9 Å². The van der Waals surface area contributed by atoms with Crippen molar-refractivity contribution in [3.05, 3.63) is 63.8 Å². The van der Waals surface area contributed by atoms with Crippen LogP contribution in [0.5, 0.6) is 5.75 Å². The van der Waals surface area contributed by atoms with Gasteiger partial charge in [-0.25, -0.2) is 4.39 Å². The topological polar surface area (TPSA) is 99.8 Å². The third-order valence-electron chi connectivity index (χ3n) is 4.11. The normalized spacial score (nSPS) is 16.6. The molecule has 7 nitrogen and oxygen atoms in total. The third kappa shape index (κ3) is 3.23. The summed E-state index contributed by atoms with van der Waals surface area (Å²) in [5, 5.41) is 19.1. The predicted molar refractivity (Wildman–Crippen MR) is 84.8 cm³/mol. The second-order valence-corrected chi connectivity index (χ2v) is 5.85. The van der Waals surface area contributed by atoms with Crippen molar-refractivity contribution in [3.63, 3.8) is 0 Å². The zero-order valence-electron chi connectivity index (χ0n) is 13.1. The summed E-state index contributed by atoms with van der Waals surface area (Å²) in [5.41, 5.74) is -0.292. The predicted octanol–water partition coefficient (Wildman–Crippen LogP) is 1.36. The average Bonchev–Trinajstić information content (AvgIpc) is 2.56. The first-order valence-corrected chi connectivity index (χ1v) is 7.56. The van der Waals surface area contributed by atoms with E-state index >= 15 is 0 Å². The number of carboxylic acids is 1. The maximum absolute atomic E-state index is 13.0. The van der Waals surface area contributed by atoms with Gasteiger partial charge in [-0.2, -0.15) is 0 Å². The Balaban J connectivity index is 2.00. The number of carboxylic acid groups (broad SMARTS) is 1. The minimum Gasteiger partial charge on any atom is -0.503 e. The standard InChI is InChI=1S/C17H15FN2O5/c18-11-3-1-10(2-4-11)8-19-9-12(7-14(22)23)20-6-5-13(21)16(24)15(20)17(19)25/h1-6,12,24H,7-9H2,(H,22,23). The second-order valence-electron chi connectivity index (χ2n) is 5.85. The van der Waals surface area contributed by atoms with Gasteiger partial charge in [-0.1, -0.05) is 12.1 Å². The summed E-state index contributed by atoms with van der Waals surface area (Å²) in [6, 6.07) is 6.01.